The predicted molar refractivity (Wildman–Crippen MR) is 90.2 cm³/mol. The molecular weight excluding hydrogens is 272 g/mol. The van der Waals surface area contributed by atoms with E-state index in [9.17, 15) is 10.2 Å². The number of hydrogen-bond donors (Lipinski definition) is 2. The number of benzene rings is 4. The minimum atomic E-state index is 0.0924. The van der Waals surface area contributed by atoms with E-state index in [2.05, 4.69) is 0 Å². The molecule has 0 spiro atoms. The molecule has 106 valence electrons. The molecule has 4 aromatic rings. The minimum absolute atomic E-state index is 0.0924. The molecular formula is C20H14O2. The second kappa shape index (κ2) is 4.78. The number of hydrogen-bond acceptors (Lipinski definition) is 2. The molecule has 0 fully saturated rings. The second-order valence-corrected chi connectivity index (χ2v) is 5.27. The molecule has 0 aromatic heterocycles. The molecule has 2 nitrogen and oxygen atoms in total. The van der Waals surface area contributed by atoms with Crippen LogP contribution in [0.1, 0.15) is 1.37 Å². The zero-order valence-electron chi connectivity index (χ0n) is 12.7. The molecule has 0 amide bonds. The van der Waals surface area contributed by atoms with Gasteiger partial charge in [0.25, 0.3) is 0 Å². The summed E-state index contributed by atoms with van der Waals surface area (Å²) in [5.41, 5.74) is 1.16. The van der Waals surface area contributed by atoms with Crippen LogP contribution >= 0.6 is 0 Å². The van der Waals surface area contributed by atoms with Gasteiger partial charge in [0, 0.05) is 11.1 Å². The van der Waals surface area contributed by atoms with Crippen LogP contribution in [0, 0.1) is 0 Å². The summed E-state index contributed by atoms with van der Waals surface area (Å²) in [6.07, 6.45) is 0. The predicted octanol–water partition coefficient (Wildman–Crippen LogP) is 5.07. The van der Waals surface area contributed by atoms with Crippen molar-refractivity contribution < 1.29 is 11.6 Å². The van der Waals surface area contributed by atoms with Crippen LogP contribution in [0.3, 0.4) is 0 Å². The van der Waals surface area contributed by atoms with E-state index in [0.717, 1.165) is 21.5 Å². The fourth-order valence-electron chi connectivity index (χ4n) is 2.97. The van der Waals surface area contributed by atoms with Gasteiger partial charge in [0.15, 0.2) is 0 Å². The molecule has 0 heterocycles. The molecule has 0 aliphatic rings. The summed E-state index contributed by atoms with van der Waals surface area (Å²) < 4.78 is 8.07. The summed E-state index contributed by atoms with van der Waals surface area (Å²) in [6.45, 7) is 0. The maximum Gasteiger partial charge on any atom is 0.124 e. The molecule has 0 aliphatic heterocycles. The van der Waals surface area contributed by atoms with Crippen LogP contribution < -0.4 is 0 Å². The summed E-state index contributed by atoms with van der Waals surface area (Å²) in [7, 11) is 0. The van der Waals surface area contributed by atoms with Gasteiger partial charge in [-0.15, -0.1) is 0 Å². The molecule has 0 aliphatic carbocycles. The summed E-state index contributed by atoms with van der Waals surface area (Å²) >= 11 is 0. The maximum atomic E-state index is 10.5. The number of aromatic hydroxyl groups is 2. The first-order valence-corrected chi connectivity index (χ1v) is 7.09. The molecule has 4 rings (SSSR count). The van der Waals surface area contributed by atoms with E-state index in [0.29, 0.717) is 17.2 Å². The molecule has 0 atom stereocenters. The Labute approximate surface area is 129 Å². The zero-order chi connectivity index (χ0) is 16.0. The SMILES string of the molecule is [2H]c1cccc2c(-c3c(O)ccc4ccccc34)c(O)ccc12. The van der Waals surface area contributed by atoms with E-state index < -0.39 is 0 Å². The van der Waals surface area contributed by atoms with Crippen molar-refractivity contribution in [3.05, 3.63) is 72.8 Å². The van der Waals surface area contributed by atoms with Crippen LogP contribution in [0.5, 0.6) is 11.5 Å². The highest BCUT2D eigenvalue weighted by Gasteiger charge is 2.16. The average Bonchev–Trinajstić information content (AvgIpc) is 2.56. The van der Waals surface area contributed by atoms with Crippen molar-refractivity contribution in [2.24, 2.45) is 0 Å². The lowest BCUT2D eigenvalue weighted by Gasteiger charge is -2.14. The summed E-state index contributed by atoms with van der Waals surface area (Å²) in [4.78, 5) is 0. The van der Waals surface area contributed by atoms with Crippen molar-refractivity contribution >= 4 is 21.5 Å². The van der Waals surface area contributed by atoms with Gasteiger partial charge in [0.05, 0.1) is 1.37 Å². The lowest BCUT2D eigenvalue weighted by molar-refractivity contribution is 0.470. The second-order valence-electron chi connectivity index (χ2n) is 5.27. The molecule has 0 saturated carbocycles. The fourth-order valence-corrected chi connectivity index (χ4v) is 2.97. The third-order valence-corrected chi connectivity index (χ3v) is 3.98. The number of phenols is 2. The number of fused-ring (bicyclic) bond motifs is 2. The van der Waals surface area contributed by atoms with Crippen LogP contribution in [0.25, 0.3) is 32.7 Å². The van der Waals surface area contributed by atoms with Gasteiger partial charge in [-0.3, -0.25) is 0 Å². The Balaban J connectivity index is 2.22. The molecule has 0 saturated heterocycles. The minimum Gasteiger partial charge on any atom is -0.507 e. The standard InChI is InChI=1S/C20H14O2/c21-17-11-9-13-5-1-3-7-15(13)19(17)20-16-8-4-2-6-14(16)10-12-18(20)22/h1-12,21-22H/i5D. The third kappa shape index (κ3) is 1.81. The van der Waals surface area contributed by atoms with Crippen molar-refractivity contribution in [1.29, 1.82) is 0 Å². The first kappa shape index (κ1) is 11.6. The normalized spacial score (nSPS) is 11.7. The van der Waals surface area contributed by atoms with Crippen molar-refractivity contribution in [2.75, 3.05) is 0 Å². The van der Waals surface area contributed by atoms with Crippen molar-refractivity contribution in [3.8, 4) is 22.6 Å². The first-order chi connectivity index (χ1) is 11.2. The van der Waals surface area contributed by atoms with Crippen molar-refractivity contribution in [3.63, 3.8) is 0 Å². The van der Waals surface area contributed by atoms with Gasteiger partial charge in [-0.25, -0.2) is 0 Å². The monoisotopic (exact) mass is 287 g/mol. The highest BCUT2D eigenvalue weighted by molar-refractivity contribution is 6.09. The van der Waals surface area contributed by atoms with Gasteiger partial charge in [0.1, 0.15) is 11.5 Å². The summed E-state index contributed by atoms with van der Waals surface area (Å²) in [5.74, 6) is 0.205. The molecule has 2 N–H and O–H groups in total. The van der Waals surface area contributed by atoms with E-state index >= 15 is 0 Å². The van der Waals surface area contributed by atoms with E-state index in [1.807, 2.05) is 36.4 Å². The lowest BCUT2D eigenvalue weighted by Crippen LogP contribution is -1.86. The largest absolute Gasteiger partial charge is 0.507 e. The van der Waals surface area contributed by atoms with Gasteiger partial charge in [-0.1, -0.05) is 60.6 Å². The maximum absolute atomic E-state index is 10.5. The lowest BCUT2D eigenvalue weighted by atomic mass is 9.92. The van der Waals surface area contributed by atoms with E-state index in [1.54, 1.807) is 30.3 Å². The molecule has 2 heteroatoms. The smallest absolute Gasteiger partial charge is 0.124 e. The van der Waals surface area contributed by atoms with E-state index in [-0.39, 0.29) is 11.5 Å². The quantitative estimate of drug-likeness (QED) is 0.513. The van der Waals surface area contributed by atoms with Crippen molar-refractivity contribution in [2.45, 2.75) is 0 Å². The molecule has 0 radical (unpaired) electrons. The van der Waals surface area contributed by atoms with Crippen molar-refractivity contribution in [1.82, 2.24) is 0 Å². The Hall–Kier alpha value is -3.00. The topological polar surface area (TPSA) is 40.5 Å². The van der Waals surface area contributed by atoms with Gasteiger partial charge < -0.3 is 10.2 Å². The molecule has 0 bridgehead atoms. The Morgan fingerprint density at radius 3 is 1.86 bits per heavy atom. The van der Waals surface area contributed by atoms with Crippen LogP contribution in [0.15, 0.2) is 72.8 Å². The summed E-state index contributed by atoms with van der Waals surface area (Å²) in [5, 5.41) is 24.3. The third-order valence-electron chi connectivity index (χ3n) is 3.98. The molecule has 22 heavy (non-hydrogen) atoms. The fraction of sp³-hybridized carbons (Fsp3) is 0. The van der Waals surface area contributed by atoms with Gasteiger partial charge in [0.2, 0.25) is 0 Å². The summed E-state index contributed by atoms with van der Waals surface area (Å²) in [6, 6.07) is 20.3. The highest BCUT2D eigenvalue weighted by atomic mass is 16.3. The zero-order valence-corrected chi connectivity index (χ0v) is 11.7. The molecule has 4 aromatic carbocycles. The van der Waals surface area contributed by atoms with Gasteiger partial charge >= 0.3 is 0 Å². The number of rotatable bonds is 1. The Bertz CT molecular complexity index is 1050. The van der Waals surface area contributed by atoms with E-state index in [1.165, 1.54) is 0 Å². The van der Waals surface area contributed by atoms with Crippen LogP contribution in [0.2, 0.25) is 0 Å². The first-order valence-electron chi connectivity index (χ1n) is 7.59. The average molecular weight is 287 g/mol. The van der Waals surface area contributed by atoms with Crippen LogP contribution in [0.4, 0.5) is 0 Å². The number of phenolic OH excluding ortho intramolecular Hbond substituents is 2. The van der Waals surface area contributed by atoms with Gasteiger partial charge in [-0.2, -0.15) is 0 Å². The Morgan fingerprint density at radius 1 is 0.591 bits per heavy atom. The van der Waals surface area contributed by atoms with Gasteiger partial charge in [-0.05, 0) is 33.7 Å². The van der Waals surface area contributed by atoms with Crippen LogP contribution in [-0.4, -0.2) is 10.2 Å². The Kier molecular flexibility index (Phi) is 2.53. The van der Waals surface area contributed by atoms with Crippen LogP contribution in [-0.2, 0) is 0 Å². The van der Waals surface area contributed by atoms with E-state index in [4.69, 9.17) is 1.37 Å². The Morgan fingerprint density at radius 2 is 1.14 bits per heavy atom. The highest BCUT2D eigenvalue weighted by Crippen LogP contribution is 2.44. The molecule has 0 unspecified atom stereocenters.